The Morgan fingerprint density at radius 2 is 2.17 bits per heavy atom. The molecule has 1 unspecified atom stereocenters. The maximum absolute atomic E-state index is 12.0. The van der Waals surface area contributed by atoms with Crippen LogP contribution in [0.2, 0.25) is 0 Å². The van der Waals surface area contributed by atoms with Gasteiger partial charge in [0.15, 0.2) is 0 Å². The van der Waals surface area contributed by atoms with Crippen molar-refractivity contribution in [1.29, 1.82) is 0 Å². The molecule has 0 aliphatic rings. The van der Waals surface area contributed by atoms with Gasteiger partial charge < -0.3 is 4.89 Å². The molecule has 0 fully saturated rings. The molecule has 18 heavy (non-hydrogen) atoms. The third-order valence-corrected chi connectivity index (χ3v) is 8.35. The van der Waals surface area contributed by atoms with E-state index in [2.05, 4.69) is 10.3 Å². The first-order chi connectivity index (χ1) is 8.53. The molecular weight excluding hydrogens is 293 g/mol. The number of aromatic nitrogens is 3. The van der Waals surface area contributed by atoms with Crippen LogP contribution in [0.3, 0.4) is 0 Å². The van der Waals surface area contributed by atoms with Gasteiger partial charge in [0.1, 0.15) is 11.4 Å². The summed E-state index contributed by atoms with van der Waals surface area (Å²) >= 11 is 1.66. The van der Waals surface area contributed by atoms with Crippen LogP contribution in [0.1, 0.15) is 0 Å². The summed E-state index contributed by atoms with van der Waals surface area (Å²) in [5.41, 5.74) is 0.204. The van der Waals surface area contributed by atoms with Crippen molar-refractivity contribution in [3.63, 3.8) is 0 Å². The summed E-state index contributed by atoms with van der Waals surface area (Å²) < 4.78 is 12.5. The highest BCUT2D eigenvalue weighted by Crippen LogP contribution is 2.64. The first-order valence-electron chi connectivity index (χ1n) is 4.89. The normalized spacial score (nSPS) is 14.6. The topological polar surface area (TPSA) is 85.1 Å². The van der Waals surface area contributed by atoms with E-state index in [9.17, 15) is 14.3 Å². The van der Waals surface area contributed by atoms with E-state index in [1.54, 1.807) is 30.5 Å². The SMILES string of the molecule is CSP(=O)(O)SCn1nnc2ccccc2c1=O. The van der Waals surface area contributed by atoms with Gasteiger partial charge in [0.25, 0.3) is 5.56 Å². The summed E-state index contributed by atoms with van der Waals surface area (Å²) in [4.78, 5) is 21.4. The standard InChI is InChI=1S/C9H10N3O3PS2/c1-17-16(14,15)18-6-12-9(13)7-4-2-3-5-8(7)10-11-12/h2-5H,6H2,1H3,(H,14,15). The fraction of sp³-hybridized carbons (Fsp3) is 0.222. The summed E-state index contributed by atoms with van der Waals surface area (Å²) in [5.74, 6) is -3.31. The van der Waals surface area contributed by atoms with Crippen molar-refractivity contribution in [1.82, 2.24) is 15.0 Å². The minimum Gasteiger partial charge on any atom is -0.329 e. The van der Waals surface area contributed by atoms with E-state index < -0.39 is 5.77 Å². The van der Waals surface area contributed by atoms with Crippen molar-refractivity contribution in [2.45, 2.75) is 5.88 Å². The average Bonchev–Trinajstić information content (AvgIpc) is 2.38. The average molecular weight is 303 g/mol. The lowest BCUT2D eigenvalue weighted by Crippen LogP contribution is -2.23. The van der Waals surface area contributed by atoms with Crippen LogP contribution in [0.5, 0.6) is 0 Å². The lowest BCUT2D eigenvalue weighted by Gasteiger charge is -2.07. The Morgan fingerprint density at radius 1 is 1.44 bits per heavy atom. The second-order valence-corrected chi connectivity index (χ2v) is 10.7. The van der Waals surface area contributed by atoms with E-state index in [1.165, 1.54) is 0 Å². The lowest BCUT2D eigenvalue weighted by molar-refractivity contribution is 0.513. The van der Waals surface area contributed by atoms with Gasteiger partial charge in [-0.3, -0.25) is 9.36 Å². The number of hydrogen-bond acceptors (Lipinski definition) is 6. The molecular formula is C9H10N3O3PS2. The highest BCUT2D eigenvalue weighted by molar-refractivity contribution is 8.88. The zero-order chi connectivity index (χ0) is 13.2. The van der Waals surface area contributed by atoms with Crippen molar-refractivity contribution < 1.29 is 9.46 Å². The third-order valence-electron chi connectivity index (χ3n) is 2.20. The summed E-state index contributed by atoms with van der Waals surface area (Å²) in [6.45, 7) is 0. The largest absolute Gasteiger partial charge is 0.329 e. The van der Waals surface area contributed by atoms with E-state index in [-0.39, 0.29) is 11.4 Å². The van der Waals surface area contributed by atoms with Crippen LogP contribution in [0.15, 0.2) is 29.1 Å². The summed E-state index contributed by atoms with van der Waals surface area (Å²) in [7, 11) is 0. The van der Waals surface area contributed by atoms with Crippen LogP contribution in [-0.4, -0.2) is 26.1 Å². The molecule has 1 atom stereocenters. The fourth-order valence-electron chi connectivity index (χ4n) is 1.29. The third kappa shape index (κ3) is 2.95. The molecule has 96 valence electrons. The smallest absolute Gasteiger partial charge is 0.312 e. The number of rotatable bonds is 4. The molecule has 0 radical (unpaired) electrons. The number of hydrogen-bond donors (Lipinski definition) is 1. The molecule has 0 saturated carbocycles. The van der Waals surface area contributed by atoms with Crippen molar-refractivity contribution >= 4 is 39.4 Å². The zero-order valence-electron chi connectivity index (χ0n) is 9.39. The van der Waals surface area contributed by atoms with Gasteiger partial charge in [0.2, 0.25) is 0 Å². The second kappa shape index (κ2) is 5.44. The number of fused-ring (bicyclic) bond motifs is 1. The first-order valence-corrected chi connectivity index (χ1v) is 9.97. The van der Waals surface area contributed by atoms with Gasteiger partial charge in [-0.15, -0.1) is 5.10 Å². The molecule has 2 aromatic rings. The van der Waals surface area contributed by atoms with E-state index in [0.717, 1.165) is 27.4 Å². The quantitative estimate of drug-likeness (QED) is 0.864. The Labute approximate surface area is 111 Å². The van der Waals surface area contributed by atoms with Gasteiger partial charge in [-0.25, -0.2) is 0 Å². The fourth-order valence-corrected chi connectivity index (χ4v) is 4.27. The summed E-state index contributed by atoms with van der Waals surface area (Å²) in [5, 5.41) is 8.07. The predicted molar refractivity (Wildman–Crippen MR) is 74.7 cm³/mol. The Morgan fingerprint density at radius 3 is 2.89 bits per heavy atom. The number of benzene rings is 1. The molecule has 2 rings (SSSR count). The van der Waals surface area contributed by atoms with E-state index in [0.29, 0.717) is 10.9 Å². The van der Waals surface area contributed by atoms with Crippen molar-refractivity contribution in [2.24, 2.45) is 0 Å². The van der Waals surface area contributed by atoms with Crippen LogP contribution in [0, 0.1) is 0 Å². The van der Waals surface area contributed by atoms with Gasteiger partial charge in [-0.1, -0.05) is 28.7 Å². The van der Waals surface area contributed by atoms with Crippen molar-refractivity contribution in [2.75, 3.05) is 6.26 Å². The highest BCUT2D eigenvalue weighted by Gasteiger charge is 2.18. The predicted octanol–water partition coefficient (Wildman–Crippen LogP) is 1.95. The summed E-state index contributed by atoms with van der Waals surface area (Å²) in [6.07, 6.45) is 1.54. The number of nitrogens with zero attached hydrogens (tertiary/aromatic N) is 3. The minimum absolute atomic E-state index is 0.00524. The second-order valence-electron chi connectivity index (χ2n) is 3.32. The Bertz CT molecular complexity index is 675. The Kier molecular flexibility index (Phi) is 4.11. The molecule has 1 aromatic heterocycles. The van der Waals surface area contributed by atoms with Gasteiger partial charge in [0, 0.05) is 0 Å². The van der Waals surface area contributed by atoms with Gasteiger partial charge in [-0.05, 0) is 29.8 Å². The van der Waals surface area contributed by atoms with Crippen molar-refractivity contribution in [3.8, 4) is 0 Å². The maximum atomic E-state index is 12.0. The molecule has 0 bridgehead atoms. The van der Waals surface area contributed by atoms with Crippen LogP contribution in [0.25, 0.3) is 10.9 Å². The summed E-state index contributed by atoms with van der Waals surface area (Å²) in [6, 6.07) is 6.85. The molecule has 1 N–H and O–H groups in total. The van der Waals surface area contributed by atoms with Crippen LogP contribution in [-0.2, 0) is 10.4 Å². The lowest BCUT2D eigenvalue weighted by atomic mass is 10.2. The van der Waals surface area contributed by atoms with Crippen molar-refractivity contribution in [3.05, 3.63) is 34.6 Å². The van der Waals surface area contributed by atoms with Crippen LogP contribution < -0.4 is 5.56 Å². The zero-order valence-corrected chi connectivity index (χ0v) is 11.9. The van der Waals surface area contributed by atoms with Crippen LogP contribution in [0.4, 0.5) is 0 Å². The van der Waals surface area contributed by atoms with Gasteiger partial charge >= 0.3 is 5.77 Å². The molecule has 6 nitrogen and oxygen atoms in total. The molecule has 1 heterocycles. The molecule has 0 aliphatic carbocycles. The van der Waals surface area contributed by atoms with E-state index in [4.69, 9.17) is 0 Å². The molecule has 0 amide bonds. The molecule has 0 aliphatic heterocycles. The molecule has 0 spiro atoms. The molecule has 1 aromatic carbocycles. The monoisotopic (exact) mass is 303 g/mol. The minimum atomic E-state index is -3.31. The Hall–Kier alpha value is -0.820. The van der Waals surface area contributed by atoms with Gasteiger partial charge in [-0.2, -0.15) is 4.68 Å². The van der Waals surface area contributed by atoms with Gasteiger partial charge in [0.05, 0.1) is 5.39 Å². The highest BCUT2D eigenvalue weighted by atomic mass is 33.1. The molecule has 9 heteroatoms. The van der Waals surface area contributed by atoms with Crippen LogP contribution >= 0.6 is 28.5 Å². The Balaban J connectivity index is 2.33. The first kappa shape index (κ1) is 13.6. The molecule has 0 saturated heterocycles. The van der Waals surface area contributed by atoms with E-state index >= 15 is 0 Å². The van der Waals surface area contributed by atoms with E-state index in [1.807, 2.05) is 0 Å². The maximum Gasteiger partial charge on any atom is 0.312 e.